The largest absolute Gasteiger partial charge is 0.381 e. The molecule has 3 unspecified atom stereocenters. The summed E-state index contributed by atoms with van der Waals surface area (Å²) in [6, 6.07) is 9.57. The minimum Gasteiger partial charge on any atom is -0.381 e. The Kier molecular flexibility index (Phi) is 5.08. The van der Waals surface area contributed by atoms with Crippen molar-refractivity contribution in [3.63, 3.8) is 0 Å². The topological polar surface area (TPSA) is 73.6 Å². The van der Waals surface area contributed by atoms with E-state index in [0.29, 0.717) is 19.8 Å². The van der Waals surface area contributed by atoms with Crippen LogP contribution in [0.4, 0.5) is 0 Å². The second-order valence-corrected chi connectivity index (χ2v) is 6.08. The van der Waals surface area contributed by atoms with Gasteiger partial charge in [0.15, 0.2) is 0 Å². The minimum absolute atomic E-state index is 0.000732. The summed E-state index contributed by atoms with van der Waals surface area (Å²) in [5.41, 5.74) is 7.25. The van der Waals surface area contributed by atoms with Gasteiger partial charge in [-0.25, -0.2) is 0 Å². The standard InChI is InChI=1S/C17H24N2O3/c18-15(12-6-9-21-10-7-12)17(20)19-14-8-11-22-16(14)13-4-2-1-3-5-13/h1-5,12,14-16H,6-11,18H2,(H,19,20). The fourth-order valence-electron chi connectivity index (χ4n) is 3.28. The van der Waals surface area contributed by atoms with Crippen LogP contribution < -0.4 is 11.1 Å². The van der Waals surface area contributed by atoms with Gasteiger partial charge in [-0.1, -0.05) is 30.3 Å². The third-order valence-corrected chi connectivity index (χ3v) is 4.62. The number of carbonyl (C=O) groups excluding carboxylic acids is 1. The van der Waals surface area contributed by atoms with E-state index in [1.165, 1.54) is 0 Å². The maximum absolute atomic E-state index is 12.4. The number of carbonyl (C=O) groups is 1. The van der Waals surface area contributed by atoms with Crippen molar-refractivity contribution in [1.82, 2.24) is 5.32 Å². The molecule has 3 atom stereocenters. The zero-order valence-corrected chi connectivity index (χ0v) is 12.7. The molecule has 0 saturated carbocycles. The van der Waals surface area contributed by atoms with Gasteiger partial charge >= 0.3 is 0 Å². The van der Waals surface area contributed by atoms with E-state index in [0.717, 1.165) is 24.8 Å². The maximum Gasteiger partial charge on any atom is 0.237 e. The quantitative estimate of drug-likeness (QED) is 0.881. The third kappa shape index (κ3) is 3.48. The predicted octanol–water partition coefficient (Wildman–Crippen LogP) is 1.39. The lowest BCUT2D eigenvalue weighted by Crippen LogP contribution is -2.50. The van der Waals surface area contributed by atoms with Crippen molar-refractivity contribution < 1.29 is 14.3 Å². The lowest BCUT2D eigenvalue weighted by Gasteiger charge is -2.28. The molecule has 1 amide bonds. The van der Waals surface area contributed by atoms with Crippen LogP contribution in [-0.2, 0) is 14.3 Å². The molecule has 1 aromatic carbocycles. The van der Waals surface area contributed by atoms with Crippen LogP contribution >= 0.6 is 0 Å². The van der Waals surface area contributed by atoms with Crippen LogP contribution in [0.15, 0.2) is 30.3 Å². The first kappa shape index (κ1) is 15.5. The zero-order chi connectivity index (χ0) is 15.4. The van der Waals surface area contributed by atoms with Gasteiger partial charge in [0, 0.05) is 19.8 Å². The highest BCUT2D eigenvalue weighted by molar-refractivity contribution is 5.82. The van der Waals surface area contributed by atoms with Gasteiger partial charge < -0.3 is 20.5 Å². The summed E-state index contributed by atoms with van der Waals surface area (Å²) < 4.78 is 11.1. The predicted molar refractivity (Wildman–Crippen MR) is 83.2 cm³/mol. The number of ether oxygens (including phenoxy) is 2. The van der Waals surface area contributed by atoms with Gasteiger partial charge in [0.1, 0.15) is 6.10 Å². The molecule has 0 spiro atoms. The molecule has 2 saturated heterocycles. The Labute approximate surface area is 131 Å². The summed E-state index contributed by atoms with van der Waals surface area (Å²) in [4.78, 5) is 12.4. The molecule has 2 fully saturated rings. The van der Waals surface area contributed by atoms with Crippen LogP contribution in [0, 0.1) is 5.92 Å². The van der Waals surface area contributed by atoms with Gasteiger partial charge in [0.25, 0.3) is 0 Å². The number of hydrogen-bond acceptors (Lipinski definition) is 4. The molecule has 2 aliphatic heterocycles. The van der Waals surface area contributed by atoms with Gasteiger partial charge in [0.2, 0.25) is 5.91 Å². The van der Waals surface area contributed by atoms with Crippen molar-refractivity contribution in [2.24, 2.45) is 11.7 Å². The lowest BCUT2D eigenvalue weighted by atomic mass is 9.91. The fraction of sp³-hybridized carbons (Fsp3) is 0.588. The molecule has 0 bridgehead atoms. The zero-order valence-electron chi connectivity index (χ0n) is 12.7. The van der Waals surface area contributed by atoms with Gasteiger partial charge in [-0.05, 0) is 30.7 Å². The van der Waals surface area contributed by atoms with Crippen molar-refractivity contribution >= 4 is 5.91 Å². The Morgan fingerprint density at radius 2 is 1.86 bits per heavy atom. The molecule has 22 heavy (non-hydrogen) atoms. The van der Waals surface area contributed by atoms with E-state index in [1.54, 1.807) is 0 Å². The molecule has 2 aliphatic rings. The number of amides is 1. The van der Waals surface area contributed by atoms with Crippen molar-refractivity contribution in [2.75, 3.05) is 19.8 Å². The lowest BCUT2D eigenvalue weighted by molar-refractivity contribution is -0.125. The van der Waals surface area contributed by atoms with Crippen molar-refractivity contribution in [1.29, 1.82) is 0 Å². The summed E-state index contributed by atoms with van der Waals surface area (Å²) in [7, 11) is 0. The third-order valence-electron chi connectivity index (χ3n) is 4.62. The van der Waals surface area contributed by atoms with Crippen LogP contribution in [0.3, 0.4) is 0 Å². The first-order valence-corrected chi connectivity index (χ1v) is 8.06. The Morgan fingerprint density at radius 3 is 2.59 bits per heavy atom. The number of nitrogens with one attached hydrogen (secondary N) is 1. The number of hydrogen-bond donors (Lipinski definition) is 2. The Hall–Kier alpha value is -1.43. The average molecular weight is 304 g/mol. The molecule has 2 heterocycles. The van der Waals surface area contributed by atoms with Gasteiger partial charge in [0.05, 0.1) is 12.1 Å². The van der Waals surface area contributed by atoms with E-state index in [-0.39, 0.29) is 24.0 Å². The first-order valence-electron chi connectivity index (χ1n) is 8.06. The molecule has 0 aromatic heterocycles. The molecule has 0 aliphatic carbocycles. The van der Waals surface area contributed by atoms with Crippen LogP contribution in [0.1, 0.15) is 30.9 Å². The Morgan fingerprint density at radius 1 is 1.14 bits per heavy atom. The highest BCUT2D eigenvalue weighted by Gasteiger charge is 2.34. The molecule has 1 aromatic rings. The minimum atomic E-state index is -0.457. The summed E-state index contributed by atoms with van der Waals surface area (Å²) in [6.45, 7) is 2.06. The van der Waals surface area contributed by atoms with Crippen molar-refractivity contribution in [2.45, 2.75) is 37.5 Å². The van der Waals surface area contributed by atoms with Gasteiger partial charge in [-0.3, -0.25) is 4.79 Å². The fourth-order valence-corrected chi connectivity index (χ4v) is 3.28. The molecular formula is C17H24N2O3. The van der Waals surface area contributed by atoms with E-state index < -0.39 is 6.04 Å². The number of rotatable bonds is 4. The Bertz CT molecular complexity index is 488. The van der Waals surface area contributed by atoms with Gasteiger partial charge in [-0.2, -0.15) is 0 Å². The summed E-state index contributed by atoms with van der Waals surface area (Å²) in [5, 5.41) is 3.09. The maximum atomic E-state index is 12.4. The summed E-state index contributed by atoms with van der Waals surface area (Å²) in [6.07, 6.45) is 2.47. The normalized spacial score (nSPS) is 27.5. The molecule has 5 heteroatoms. The summed E-state index contributed by atoms with van der Waals surface area (Å²) >= 11 is 0. The monoisotopic (exact) mass is 304 g/mol. The van der Waals surface area contributed by atoms with E-state index >= 15 is 0 Å². The number of benzene rings is 1. The second kappa shape index (κ2) is 7.22. The van der Waals surface area contributed by atoms with Crippen LogP contribution in [0.5, 0.6) is 0 Å². The van der Waals surface area contributed by atoms with Crippen LogP contribution in [-0.4, -0.2) is 37.8 Å². The highest BCUT2D eigenvalue weighted by Crippen LogP contribution is 2.29. The van der Waals surface area contributed by atoms with E-state index in [9.17, 15) is 4.79 Å². The first-order chi connectivity index (χ1) is 10.8. The smallest absolute Gasteiger partial charge is 0.237 e. The molecule has 3 rings (SSSR count). The summed E-state index contributed by atoms with van der Waals surface area (Å²) in [5.74, 6) is 0.148. The van der Waals surface area contributed by atoms with Crippen molar-refractivity contribution in [3.05, 3.63) is 35.9 Å². The molecule has 120 valence electrons. The highest BCUT2D eigenvalue weighted by atomic mass is 16.5. The van der Waals surface area contributed by atoms with Crippen LogP contribution in [0.25, 0.3) is 0 Å². The molecule has 5 nitrogen and oxygen atoms in total. The molecule has 3 N–H and O–H groups in total. The molecule has 0 radical (unpaired) electrons. The van der Waals surface area contributed by atoms with E-state index in [2.05, 4.69) is 5.32 Å². The second-order valence-electron chi connectivity index (χ2n) is 6.08. The average Bonchev–Trinajstić information content (AvgIpc) is 3.04. The molecular weight excluding hydrogens is 280 g/mol. The van der Waals surface area contributed by atoms with Crippen molar-refractivity contribution in [3.8, 4) is 0 Å². The van der Waals surface area contributed by atoms with E-state index in [1.807, 2.05) is 30.3 Å². The van der Waals surface area contributed by atoms with Gasteiger partial charge in [-0.15, -0.1) is 0 Å². The Balaban J connectivity index is 1.60. The SMILES string of the molecule is NC(C(=O)NC1CCOC1c1ccccc1)C1CCOCC1. The van der Waals surface area contributed by atoms with E-state index in [4.69, 9.17) is 15.2 Å². The number of nitrogens with two attached hydrogens (primary N) is 1. The van der Waals surface area contributed by atoms with Crippen LogP contribution in [0.2, 0.25) is 0 Å².